The lowest BCUT2D eigenvalue weighted by atomic mass is 9.91. The van der Waals surface area contributed by atoms with Gasteiger partial charge >= 0.3 is 0 Å². The average Bonchev–Trinajstić information content (AvgIpc) is 2.28. The summed E-state index contributed by atoms with van der Waals surface area (Å²) in [4.78, 5) is 2.52. The third kappa shape index (κ3) is 4.09. The van der Waals surface area contributed by atoms with E-state index < -0.39 is 0 Å². The molecule has 3 nitrogen and oxygen atoms in total. The number of aliphatic hydroxyl groups excluding tert-OH is 1. The third-order valence-electron chi connectivity index (χ3n) is 3.52. The first-order valence-electron chi connectivity index (χ1n) is 6.26. The first-order chi connectivity index (χ1) is 7.17. The molecule has 1 aliphatic heterocycles. The Morgan fingerprint density at radius 1 is 1.47 bits per heavy atom. The molecular weight excluding hydrogens is 188 g/mol. The summed E-state index contributed by atoms with van der Waals surface area (Å²) in [5.41, 5.74) is 0. The SMILES string of the molecule is CCN1CCCC(C(C)N[C@H](C)CO)C1. The van der Waals surface area contributed by atoms with Gasteiger partial charge in [0, 0.05) is 18.6 Å². The van der Waals surface area contributed by atoms with Crippen molar-refractivity contribution >= 4 is 0 Å². The minimum Gasteiger partial charge on any atom is -0.395 e. The van der Waals surface area contributed by atoms with Crippen LogP contribution in [0.15, 0.2) is 0 Å². The first-order valence-corrected chi connectivity index (χ1v) is 6.26. The maximum atomic E-state index is 9.01. The summed E-state index contributed by atoms with van der Waals surface area (Å²) < 4.78 is 0. The summed E-state index contributed by atoms with van der Waals surface area (Å²) in [7, 11) is 0. The molecule has 0 bridgehead atoms. The van der Waals surface area contributed by atoms with Gasteiger partial charge in [0.15, 0.2) is 0 Å². The van der Waals surface area contributed by atoms with Crippen molar-refractivity contribution in [2.45, 2.75) is 45.7 Å². The Bertz CT molecular complexity index is 175. The van der Waals surface area contributed by atoms with Gasteiger partial charge in [0.25, 0.3) is 0 Å². The van der Waals surface area contributed by atoms with Gasteiger partial charge in [-0.25, -0.2) is 0 Å². The second-order valence-corrected chi connectivity index (χ2v) is 4.83. The van der Waals surface area contributed by atoms with E-state index in [1.165, 1.54) is 32.5 Å². The summed E-state index contributed by atoms with van der Waals surface area (Å²) in [5, 5.41) is 12.5. The molecule has 1 rings (SSSR count). The van der Waals surface area contributed by atoms with Crippen molar-refractivity contribution in [2.75, 3.05) is 26.2 Å². The van der Waals surface area contributed by atoms with E-state index in [0.717, 1.165) is 5.92 Å². The summed E-state index contributed by atoms with van der Waals surface area (Å²) in [5.74, 6) is 0.743. The van der Waals surface area contributed by atoms with E-state index in [1.54, 1.807) is 0 Å². The molecule has 0 spiro atoms. The molecule has 1 fully saturated rings. The summed E-state index contributed by atoms with van der Waals surface area (Å²) in [6, 6.07) is 0.735. The lowest BCUT2D eigenvalue weighted by Gasteiger charge is -2.36. The molecule has 1 heterocycles. The molecule has 3 atom stereocenters. The van der Waals surface area contributed by atoms with Gasteiger partial charge in [-0.2, -0.15) is 0 Å². The van der Waals surface area contributed by atoms with Gasteiger partial charge < -0.3 is 15.3 Å². The van der Waals surface area contributed by atoms with Crippen molar-refractivity contribution < 1.29 is 5.11 Å². The number of aliphatic hydroxyl groups is 1. The second kappa shape index (κ2) is 6.46. The molecule has 1 aliphatic rings. The topological polar surface area (TPSA) is 35.5 Å². The molecule has 0 radical (unpaired) electrons. The first kappa shape index (κ1) is 12.9. The number of piperidine rings is 1. The van der Waals surface area contributed by atoms with Crippen LogP contribution >= 0.6 is 0 Å². The van der Waals surface area contributed by atoms with Crippen LogP contribution in [0, 0.1) is 5.92 Å². The highest BCUT2D eigenvalue weighted by Crippen LogP contribution is 2.19. The van der Waals surface area contributed by atoms with E-state index >= 15 is 0 Å². The molecule has 0 saturated carbocycles. The molecule has 90 valence electrons. The Kier molecular flexibility index (Phi) is 5.58. The maximum Gasteiger partial charge on any atom is 0.0582 e. The molecule has 3 heteroatoms. The molecule has 0 amide bonds. The Morgan fingerprint density at radius 3 is 2.80 bits per heavy atom. The van der Waals surface area contributed by atoms with Crippen LogP contribution in [0.4, 0.5) is 0 Å². The van der Waals surface area contributed by atoms with Crippen LogP contribution in [-0.4, -0.2) is 48.3 Å². The maximum absolute atomic E-state index is 9.01. The van der Waals surface area contributed by atoms with Crippen LogP contribution < -0.4 is 5.32 Å². The second-order valence-electron chi connectivity index (χ2n) is 4.83. The summed E-state index contributed by atoms with van der Waals surface area (Å²) >= 11 is 0. The average molecular weight is 214 g/mol. The number of nitrogens with zero attached hydrogens (tertiary/aromatic N) is 1. The quantitative estimate of drug-likeness (QED) is 0.719. The highest BCUT2D eigenvalue weighted by molar-refractivity contribution is 4.81. The van der Waals surface area contributed by atoms with Crippen molar-refractivity contribution in [2.24, 2.45) is 5.92 Å². The highest BCUT2D eigenvalue weighted by Gasteiger charge is 2.24. The molecule has 15 heavy (non-hydrogen) atoms. The van der Waals surface area contributed by atoms with Crippen molar-refractivity contribution in [3.8, 4) is 0 Å². The lowest BCUT2D eigenvalue weighted by Crippen LogP contribution is -2.47. The van der Waals surface area contributed by atoms with E-state index in [-0.39, 0.29) is 12.6 Å². The van der Waals surface area contributed by atoms with Crippen LogP contribution in [0.3, 0.4) is 0 Å². The number of likely N-dealkylation sites (tertiary alicyclic amines) is 1. The fourth-order valence-corrected chi connectivity index (χ4v) is 2.42. The summed E-state index contributed by atoms with van der Waals surface area (Å²) in [6.07, 6.45) is 2.64. The van der Waals surface area contributed by atoms with Gasteiger partial charge in [-0.3, -0.25) is 0 Å². The van der Waals surface area contributed by atoms with Crippen LogP contribution in [-0.2, 0) is 0 Å². The van der Waals surface area contributed by atoms with Crippen molar-refractivity contribution in [1.82, 2.24) is 10.2 Å². The zero-order chi connectivity index (χ0) is 11.3. The minimum absolute atomic E-state index is 0.219. The Labute approximate surface area is 93.9 Å². The molecule has 0 aromatic rings. The van der Waals surface area contributed by atoms with E-state index in [9.17, 15) is 0 Å². The molecular formula is C12H26N2O. The largest absolute Gasteiger partial charge is 0.395 e. The van der Waals surface area contributed by atoms with Crippen molar-refractivity contribution in [3.05, 3.63) is 0 Å². The van der Waals surface area contributed by atoms with Gasteiger partial charge in [-0.15, -0.1) is 0 Å². The zero-order valence-electron chi connectivity index (χ0n) is 10.4. The smallest absolute Gasteiger partial charge is 0.0582 e. The minimum atomic E-state index is 0.219. The Hall–Kier alpha value is -0.120. The molecule has 1 saturated heterocycles. The molecule has 0 aliphatic carbocycles. The standard InChI is InChI=1S/C12H26N2O/c1-4-14-7-5-6-12(8-14)11(3)13-10(2)9-15/h10-13,15H,4-9H2,1-3H3/t10-,11?,12?/m1/s1. The number of hydrogen-bond acceptors (Lipinski definition) is 3. The molecule has 2 unspecified atom stereocenters. The van der Waals surface area contributed by atoms with Crippen molar-refractivity contribution in [1.29, 1.82) is 0 Å². The third-order valence-corrected chi connectivity index (χ3v) is 3.52. The van der Waals surface area contributed by atoms with Gasteiger partial charge in [0.1, 0.15) is 0 Å². The predicted molar refractivity (Wildman–Crippen MR) is 64.0 cm³/mol. The van der Waals surface area contributed by atoms with Gasteiger partial charge in [-0.05, 0) is 45.7 Å². The van der Waals surface area contributed by atoms with Gasteiger partial charge in [-0.1, -0.05) is 6.92 Å². The van der Waals surface area contributed by atoms with Crippen LogP contribution in [0.1, 0.15) is 33.6 Å². The molecule has 2 N–H and O–H groups in total. The van der Waals surface area contributed by atoms with E-state index in [2.05, 4.69) is 24.1 Å². The monoisotopic (exact) mass is 214 g/mol. The number of rotatable bonds is 5. The zero-order valence-corrected chi connectivity index (χ0v) is 10.4. The lowest BCUT2D eigenvalue weighted by molar-refractivity contribution is 0.145. The van der Waals surface area contributed by atoms with Crippen molar-refractivity contribution in [3.63, 3.8) is 0 Å². The number of hydrogen-bond donors (Lipinski definition) is 2. The fraction of sp³-hybridized carbons (Fsp3) is 1.00. The van der Waals surface area contributed by atoms with Crippen LogP contribution in [0.25, 0.3) is 0 Å². The van der Waals surface area contributed by atoms with Crippen LogP contribution in [0.5, 0.6) is 0 Å². The van der Waals surface area contributed by atoms with E-state index in [4.69, 9.17) is 5.11 Å². The Morgan fingerprint density at radius 2 is 2.20 bits per heavy atom. The molecule has 0 aromatic heterocycles. The fourth-order valence-electron chi connectivity index (χ4n) is 2.42. The molecule has 0 aromatic carbocycles. The van der Waals surface area contributed by atoms with Gasteiger partial charge in [0.2, 0.25) is 0 Å². The van der Waals surface area contributed by atoms with Gasteiger partial charge in [0.05, 0.1) is 6.61 Å². The normalized spacial score (nSPS) is 27.6. The number of nitrogens with one attached hydrogen (secondary N) is 1. The van der Waals surface area contributed by atoms with E-state index in [0.29, 0.717) is 6.04 Å². The highest BCUT2D eigenvalue weighted by atomic mass is 16.3. The van der Waals surface area contributed by atoms with Crippen LogP contribution in [0.2, 0.25) is 0 Å². The summed E-state index contributed by atoms with van der Waals surface area (Å²) in [6.45, 7) is 10.4. The predicted octanol–water partition coefficient (Wildman–Crippen LogP) is 1.08. The Balaban J connectivity index is 2.34. The van der Waals surface area contributed by atoms with E-state index in [1.807, 2.05) is 6.92 Å².